The van der Waals surface area contributed by atoms with Gasteiger partial charge in [0.05, 0.1) is 30.9 Å². The maximum Gasteiger partial charge on any atom is 0.285 e. The molecule has 2 heterocycles. The Morgan fingerprint density at radius 2 is 1.81 bits per heavy atom. The Morgan fingerprint density at radius 1 is 1.15 bits per heavy atom. The smallest absolute Gasteiger partial charge is 0.285 e. The van der Waals surface area contributed by atoms with Crippen LogP contribution in [0.1, 0.15) is 25.0 Å². The molecule has 0 radical (unpaired) electrons. The summed E-state index contributed by atoms with van der Waals surface area (Å²) in [7, 11) is 0. The van der Waals surface area contributed by atoms with E-state index in [4.69, 9.17) is 9.47 Å². The number of aromatic nitrogens is 1. The number of ether oxygens (including phenoxy) is 2. The fraction of sp³-hybridized carbons (Fsp3) is 0.421. The van der Waals surface area contributed by atoms with Gasteiger partial charge in [-0.3, -0.25) is 19.5 Å². The number of nitrogens with zero attached hydrogens (tertiary/aromatic N) is 2. The first-order valence-electron chi connectivity index (χ1n) is 9.11. The molecule has 2 aromatic rings. The van der Waals surface area contributed by atoms with Crippen LogP contribution in [0.15, 0.2) is 35.3 Å². The standard InChI is InChI=1S/C19H23N3O5/c1-3-26-17-9-14-7-8-20(11-15(14)10-18(17)27-4-2)13-21-12-16(22(24)25)5-6-19(21)23/h5-6,9-10,12H,3-4,7-8,11,13H2,1-2H3/p+1. The average molecular weight is 374 g/mol. The SMILES string of the molecule is CCOc1cc2c(cc1OCC)C[NH+](Cn1cc([N+](=O)[O-])ccc1=O)CC2. The van der Waals surface area contributed by atoms with Crippen molar-refractivity contribution in [2.24, 2.45) is 0 Å². The van der Waals surface area contributed by atoms with Crippen molar-refractivity contribution < 1.29 is 19.3 Å². The van der Waals surface area contributed by atoms with Crippen molar-refractivity contribution in [2.45, 2.75) is 33.5 Å². The molecule has 0 saturated heterocycles. The Bertz CT molecular complexity index is 893. The Hall–Kier alpha value is -2.87. The van der Waals surface area contributed by atoms with Crippen LogP contribution in [0.25, 0.3) is 0 Å². The van der Waals surface area contributed by atoms with Gasteiger partial charge in [0, 0.05) is 24.1 Å². The minimum absolute atomic E-state index is 0.0774. The van der Waals surface area contributed by atoms with E-state index >= 15 is 0 Å². The van der Waals surface area contributed by atoms with Gasteiger partial charge in [0.1, 0.15) is 6.54 Å². The molecule has 1 aromatic carbocycles. The van der Waals surface area contributed by atoms with E-state index in [-0.39, 0.29) is 11.2 Å². The van der Waals surface area contributed by atoms with Crippen LogP contribution < -0.4 is 19.9 Å². The Balaban J connectivity index is 1.82. The van der Waals surface area contributed by atoms with Gasteiger partial charge in [-0.25, -0.2) is 0 Å². The number of nitro groups is 1. The highest BCUT2D eigenvalue weighted by atomic mass is 16.6. The molecule has 1 aromatic heterocycles. The largest absolute Gasteiger partial charge is 0.490 e. The molecule has 0 amide bonds. The molecule has 0 bridgehead atoms. The number of rotatable bonds is 7. The zero-order valence-corrected chi connectivity index (χ0v) is 15.6. The molecule has 1 N–H and O–H groups in total. The Labute approximate surface area is 157 Å². The Morgan fingerprint density at radius 3 is 2.44 bits per heavy atom. The second-order valence-electron chi connectivity index (χ2n) is 6.47. The summed E-state index contributed by atoms with van der Waals surface area (Å²) < 4.78 is 12.8. The maximum absolute atomic E-state index is 12.1. The highest BCUT2D eigenvalue weighted by molar-refractivity contribution is 5.47. The molecule has 8 nitrogen and oxygen atoms in total. The van der Waals surface area contributed by atoms with Crippen LogP contribution in [0.4, 0.5) is 5.69 Å². The fourth-order valence-corrected chi connectivity index (χ4v) is 3.37. The lowest BCUT2D eigenvalue weighted by Crippen LogP contribution is -3.11. The van der Waals surface area contributed by atoms with Crippen LogP contribution in [0, 0.1) is 10.1 Å². The van der Waals surface area contributed by atoms with Gasteiger partial charge in [-0.1, -0.05) is 0 Å². The van der Waals surface area contributed by atoms with Gasteiger partial charge in [0.2, 0.25) is 0 Å². The van der Waals surface area contributed by atoms with Crippen LogP contribution in [-0.2, 0) is 19.6 Å². The van der Waals surface area contributed by atoms with Gasteiger partial charge in [0.25, 0.3) is 11.2 Å². The zero-order chi connectivity index (χ0) is 19.4. The molecular weight excluding hydrogens is 350 g/mol. The summed E-state index contributed by atoms with van der Waals surface area (Å²) in [5.41, 5.74) is 2.06. The van der Waals surface area contributed by atoms with Gasteiger partial charge >= 0.3 is 0 Å². The van der Waals surface area contributed by atoms with Crippen LogP contribution in [-0.4, -0.2) is 29.2 Å². The van der Waals surface area contributed by atoms with Crippen molar-refractivity contribution >= 4 is 5.69 Å². The first kappa shape index (κ1) is 18.9. The molecule has 1 atom stereocenters. The number of pyridine rings is 1. The second-order valence-corrected chi connectivity index (χ2v) is 6.47. The van der Waals surface area contributed by atoms with Crippen molar-refractivity contribution in [1.29, 1.82) is 0 Å². The van der Waals surface area contributed by atoms with Crippen LogP contribution in [0.3, 0.4) is 0 Å². The highest BCUT2D eigenvalue weighted by Crippen LogP contribution is 2.32. The van der Waals surface area contributed by atoms with Crippen molar-refractivity contribution in [1.82, 2.24) is 4.57 Å². The van der Waals surface area contributed by atoms with Crippen molar-refractivity contribution in [3.05, 3.63) is 62.1 Å². The third kappa shape index (κ3) is 4.28. The normalized spacial score (nSPS) is 15.9. The van der Waals surface area contributed by atoms with E-state index in [1.807, 2.05) is 26.0 Å². The second kappa shape index (κ2) is 8.22. The molecule has 27 heavy (non-hydrogen) atoms. The lowest BCUT2D eigenvalue weighted by atomic mass is 9.99. The van der Waals surface area contributed by atoms with E-state index in [1.165, 1.54) is 28.5 Å². The number of hydrogen-bond acceptors (Lipinski definition) is 5. The molecule has 0 fully saturated rings. The monoisotopic (exact) mass is 374 g/mol. The van der Waals surface area contributed by atoms with Crippen LogP contribution >= 0.6 is 0 Å². The molecule has 1 aliphatic rings. The third-order valence-corrected chi connectivity index (χ3v) is 4.63. The molecule has 3 rings (SSSR count). The molecule has 0 saturated carbocycles. The van der Waals surface area contributed by atoms with Crippen molar-refractivity contribution in [2.75, 3.05) is 19.8 Å². The number of benzene rings is 1. The van der Waals surface area contributed by atoms with Gasteiger partial charge < -0.3 is 14.4 Å². The summed E-state index contributed by atoms with van der Waals surface area (Å²) in [4.78, 5) is 23.7. The van der Waals surface area contributed by atoms with Crippen molar-refractivity contribution in [3.8, 4) is 11.5 Å². The summed E-state index contributed by atoms with van der Waals surface area (Å²) in [6, 6.07) is 6.54. The van der Waals surface area contributed by atoms with E-state index < -0.39 is 4.92 Å². The van der Waals surface area contributed by atoms with Gasteiger partial charge in [-0.15, -0.1) is 0 Å². The summed E-state index contributed by atoms with van der Waals surface area (Å²) in [5.74, 6) is 1.49. The quantitative estimate of drug-likeness (QED) is 0.580. The molecule has 0 spiro atoms. The molecule has 144 valence electrons. The predicted octanol–water partition coefficient (Wildman–Crippen LogP) is 1.15. The van der Waals surface area contributed by atoms with Crippen molar-refractivity contribution in [3.63, 3.8) is 0 Å². The first-order chi connectivity index (χ1) is 13.0. The number of quaternary nitrogens is 1. The number of nitrogens with one attached hydrogen (secondary N) is 1. The zero-order valence-electron chi connectivity index (χ0n) is 15.6. The van der Waals surface area contributed by atoms with E-state index in [9.17, 15) is 14.9 Å². The highest BCUT2D eigenvalue weighted by Gasteiger charge is 2.23. The topological polar surface area (TPSA) is 88.0 Å². The minimum Gasteiger partial charge on any atom is -0.490 e. The first-order valence-corrected chi connectivity index (χ1v) is 9.11. The van der Waals surface area contributed by atoms with Gasteiger partial charge in [-0.05, 0) is 31.5 Å². The summed E-state index contributed by atoms with van der Waals surface area (Å²) in [6.07, 6.45) is 2.16. The maximum atomic E-state index is 12.1. The van der Waals surface area contributed by atoms with E-state index in [0.717, 1.165) is 41.5 Å². The molecule has 1 unspecified atom stereocenters. The van der Waals surface area contributed by atoms with Gasteiger partial charge in [0.15, 0.2) is 18.2 Å². The lowest BCUT2D eigenvalue weighted by Gasteiger charge is -2.27. The fourth-order valence-electron chi connectivity index (χ4n) is 3.37. The minimum atomic E-state index is -0.486. The average Bonchev–Trinajstić information content (AvgIpc) is 2.64. The summed E-state index contributed by atoms with van der Waals surface area (Å²) in [5, 5.41) is 11.0. The third-order valence-electron chi connectivity index (χ3n) is 4.63. The van der Waals surface area contributed by atoms with E-state index in [1.54, 1.807) is 0 Å². The molecule has 8 heteroatoms. The Kier molecular flexibility index (Phi) is 5.75. The predicted molar refractivity (Wildman–Crippen MR) is 99.4 cm³/mol. The summed E-state index contributed by atoms with van der Waals surface area (Å²) >= 11 is 0. The molecule has 1 aliphatic heterocycles. The van der Waals surface area contributed by atoms with E-state index in [2.05, 4.69) is 0 Å². The molecule has 0 aliphatic carbocycles. The number of hydrogen-bond donors (Lipinski definition) is 1. The molecular formula is C19H24N3O5+. The van der Waals surface area contributed by atoms with E-state index in [0.29, 0.717) is 19.9 Å². The van der Waals surface area contributed by atoms with Crippen LogP contribution in [0.2, 0.25) is 0 Å². The van der Waals surface area contributed by atoms with Gasteiger partial charge in [-0.2, -0.15) is 0 Å². The lowest BCUT2D eigenvalue weighted by molar-refractivity contribution is -0.938. The summed E-state index contributed by atoms with van der Waals surface area (Å²) in [6.45, 7) is 6.94. The number of fused-ring (bicyclic) bond motifs is 1. The van der Waals surface area contributed by atoms with Crippen LogP contribution in [0.5, 0.6) is 11.5 Å².